The summed E-state index contributed by atoms with van der Waals surface area (Å²) in [4.78, 5) is 16.0. The van der Waals surface area contributed by atoms with Crippen molar-refractivity contribution in [3.05, 3.63) is 101 Å². The van der Waals surface area contributed by atoms with Gasteiger partial charge in [0, 0.05) is 22.1 Å². The number of aromatic nitrogens is 4. The fraction of sp³-hybridized carbons (Fsp3) is 0. The fourth-order valence-corrected chi connectivity index (χ4v) is 3.84. The third kappa shape index (κ3) is 5.16. The Morgan fingerprint density at radius 1 is 0.531 bits per heavy atom. The molecule has 4 aromatic rings. The van der Waals surface area contributed by atoms with Crippen molar-refractivity contribution in [3.8, 4) is 0 Å². The fourth-order valence-electron chi connectivity index (χ4n) is 3.38. The van der Waals surface area contributed by atoms with Crippen LogP contribution in [0.4, 0.5) is 0 Å². The molecular formula is C26H18ClMoN4. The van der Waals surface area contributed by atoms with E-state index in [0.717, 1.165) is 49.9 Å². The van der Waals surface area contributed by atoms with Crippen LogP contribution < -0.4 is 3.95 Å². The Balaban J connectivity index is 0.000000230. The summed E-state index contributed by atoms with van der Waals surface area (Å²) in [6.07, 6.45) is 8.09. The molecule has 155 valence electrons. The van der Waals surface area contributed by atoms with Crippen molar-refractivity contribution in [2.24, 2.45) is 0 Å². The van der Waals surface area contributed by atoms with Crippen LogP contribution in [0.1, 0.15) is 22.8 Å². The number of hydrogen-bond donors (Lipinski definition) is 2. The molecule has 0 saturated carbocycles. The standard InChI is InChI=1S/C20H14N4.C6H4Cl.Mo/c1-2-14-10-16-5-6-18(23-16)12-20-8-7-19(24-20)11-17-4-3-15(22-17)9-13(1)21-14;7-6-4-2-1-3-5-6;/h1-12,21,24H;2-5H;. The molecule has 0 saturated heterocycles. The summed E-state index contributed by atoms with van der Waals surface area (Å²) in [5, 5.41) is 0.803. The first-order valence-corrected chi connectivity index (χ1v) is 11.4. The van der Waals surface area contributed by atoms with Gasteiger partial charge in [-0.1, -0.05) is 0 Å². The van der Waals surface area contributed by atoms with Crippen LogP contribution in [-0.4, -0.2) is 19.9 Å². The normalized spacial score (nSPS) is 11.8. The summed E-state index contributed by atoms with van der Waals surface area (Å²) in [5.41, 5.74) is 7.86. The molecule has 4 nitrogen and oxygen atoms in total. The average Bonchev–Trinajstić information content (AvgIpc) is 3.57. The first-order valence-electron chi connectivity index (χ1n) is 10.1. The van der Waals surface area contributed by atoms with Crippen molar-refractivity contribution in [2.75, 3.05) is 0 Å². The zero-order valence-electron chi connectivity index (χ0n) is 16.9. The van der Waals surface area contributed by atoms with E-state index in [1.165, 1.54) is 3.95 Å². The van der Waals surface area contributed by atoms with Crippen LogP contribution >= 0.6 is 11.6 Å². The maximum absolute atomic E-state index is 5.61. The number of halogens is 1. The number of rotatable bonds is 0. The second-order valence-electron chi connectivity index (χ2n) is 7.36. The van der Waals surface area contributed by atoms with Crippen LogP contribution in [0.15, 0.2) is 72.8 Å². The van der Waals surface area contributed by atoms with Gasteiger partial charge in [-0.2, -0.15) is 0 Å². The molecule has 0 radical (unpaired) electrons. The summed E-state index contributed by atoms with van der Waals surface area (Å²) < 4.78 is 1.25. The van der Waals surface area contributed by atoms with E-state index in [9.17, 15) is 0 Å². The van der Waals surface area contributed by atoms with E-state index in [-0.39, 0.29) is 0 Å². The number of benzene rings is 1. The molecule has 0 spiro atoms. The van der Waals surface area contributed by atoms with Crippen molar-refractivity contribution >= 4 is 61.9 Å². The molecule has 0 atom stereocenters. The van der Waals surface area contributed by atoms with Crippen LogP contribution in [0.5, 0.6) is 0 Å². The van der Waals surface area contributed by atoms with Gasteiger partial charge in [0.25, 0.3) is 0 Å². The minimum absolute atomic E-state index is 0.803. The van der Waals surface area contributed by atoms with E-state index in [2.05, 4.69) is 44.2 Å². The Labute approximate surface area is 201 Å². The third-order valence-corrected chi connectivity index (χ3v) is 5.78. The molecule has 0 unspecified atom stereocenters. The van der Waals surface area contributed by atoms with E-state index in [0.29, 0.717) is 0 Å². The van der Waals surface area contributed by atoms with Crippen molar-refractivity contribution in [1.82, 2.24) is 19.9 Å². The summed E-state index contributed by atoms with van der Waals surface area (Å²) in [6, 6.07) is 24.1. The van der Waals surface area contributed by atoms with Gasteiger partial charge >= 0.3 is 64.7 Å². The van der Waals surface area contributed by atoms with Crippen molar-refractivity contribution in [3.63, 3.8) is 0 Å². The Bertz CT molecular complexity index is 1300. The van der Waals surface area contributed by atoms with E-state index >= 15 is 0 Å². The molecule has 3 aromatic heterocycles. The summed E-state index contributed by atoms with van der Waals surface area (Å²) in [6.45, 7) is 0. The Morgan fingerprint density at radius 3 is 1.19 bits per heavy atom. The predicted octanol–water partition coefficient (Wildman–Crippen LogP) is 6.17. The van der Waals surface area contributed by atoms with Crippen LogP contribution in [0, 0.1) is 0 Å². The second-order valence-corrected chi connectivity index (χ2v) is 8.95. The molecule has 0 aliphatic carbocycles. The number of hydrogen-bond acceptors (Lipinski definition) is 2. The summed E-state index contributed by atoms with van der Waals surface area (Å²) in [5.74, 6) is 0. The van der Waals surface area contributed by atoms with Gasteiger partial charge < -0.3 is 9.97 Å². The monoisotopic (exact) mass is 519 g/mol. The van der Waals surface area contributed by atoms with Gasteiger partial charge in [0.2, 0.25) is 0 Å². The van der Waals surface area contributed by atoms with Crippen molar-refractivity contribution in [2.45, 2.75) is 0 Å². The Morgan fingerprint density at radius 2 is 0.875 bits per heavy atom. The Hall–Kier alpha value is -3.20. The molecule has 8 bridgehead atoms. The van der Waals surface area contributed by atoms with E-state index in [1.54, 1.807) is 0 Å². The van der Waals surface area contributed by atoms with Crippen LogP contribution in [0.3, 0.4) is 0 Å². The van der Waals surface area contributed by atoms with Gasteiger partial charge in [0.1, 0.15) is 0 Å². The molecule has 0 fully saturated rings. The molecule has 2 aliphatic heterocycles. The van der Waals surface area contributed by atoms with Crippen LogP contribution in [-0.2, 0) is 19.8 Å². The van der Waals surface area contributed by atoms with Crippen molar-refractivity contribution < 1.29 is 19.8 Å². The number of aromatic amines is 2. The van der Waals surface area contributed by atoms with Crippen LogP contribution in [0.2, 0.25) is 5.02 Å². The van der Waals surface area contributed by atoms with E-state index < -0.39 is 0 Å². The number of fused-ring (bicyclic) bond motifs is 8. The maximum atomic E-state index is 5.61. The quantitative estimate of drug-likeness (QED) is 0.237. The molecule has 0 amide bonds. The molecular weight excluding hydrogens is 500 g/mol. The minimum atomic E-state index is 0.803. The summed E-state index contributed by atoms with van der Waals surface area (Å²) in [7, 11) is 0. The van der Waals surface area contributed by atoms with Gasteiger partial charge in [0.15, 0.2) is 0 Å². The van der Waals surface area contributed by atoms with Gasteiger partial charge in [-0.3, -0.25) is 0 Å². The van der Waals surface area contributed by atoms with Gasteiger partial charge in [-0.25, -0.2) is 9.97 Å². The number of nitrogens with zero attached hydrogens (tertiary/aromatic N) is 2. The van der Waals surface area contributed by atoms with E-state index in [4.69, 9.17) is 11.6 Å². The van der Waals surface area contributed by atoms with Gasteiger partial charge in [0.05, 0.1) is 22.8 Å². The molecule has 5 heterocycles. The Kier molecular flexibility index (Phi) is 5.89. The van der Waals surface area contributed by atoms with Gasteiger partial charge in [-0.15, -0.1) is 0 Å². The topological polar surface area (TPSA) is 57.4 Å². The SMILES string of the molecule is C1=Cc2cc3ccc(cc4nc(cc5ccc(cc1n2)[nH]5)C=C4)[nH]3.Clc1cc[c]([Mo])cc1. The summed E-state index contributed by atoms with van der Waals surface area (Å²) >= 11 is 7.58. The molecule has 6 rings (SSSR count). The predicted molar refractivity (Wildman–Crippen MR) is 130 cm³/mol. The average molecular weight is 518 g/mol. The molecule has 1 aromatic carbocycles. The van der Waals surface area contributed by atoms with E-state index in [1.807, 2.05) is 92.6 Å². The first-order chi connectivity index (χ1) is 15.6. The molecule has 2 aliphatic rings. The third-order valence-electron chi connectivity index (χ3n) is 4.86. The van der Waals surface area contributed by atoms with Crippen molar-refractivity contribution in [1.29, 1.82) is 0 Å². The zero-order chi connectivity index (χ0) is 21.9. The van der Waals surface area contributed by atoms with Gasteiger partial charge in [-0.05, 0) is 72.8 Å². The molecule has 6 heteroatoms. The number of H-pyrrole nitrogens is 2. The van der Waals surface area contributed by atoms with Crippen LogP contribution in [0.25, 0.3) is 46.4 Å². The molecule has 2 N–H and O–H groups in total. The second kappa shape index (κ2) is 9.12. The zero-order valence-corrected chi connectivity index (χ0v) is 19.7. The number of nitrogens with one attached hydrogen (secondary N) is 2. The molecule has 32 heavy (non-hydrogen) atoms. The first kappa shape index (κ1) is 20.7.